The number of benzene rings is 2. The quantitative estimate of drug-likeness (QED) is 0.0898. The van der Waals surface area contributed by atoms with Crippen LogP contribution in [0.1, 0.15) is 77.0 Å². The molecule has 0 unspecified atom stereocenters. The third-order valence-electron chi connectivity index (χ3n) is 8.71. The number of hydrogen-bond donors (Lipinski definition) is 2. The lowest BCUT2D eigenvalue weighted by molar-refractivity contribution is -0.0507. The minimum absolute atomic E-state index is 0.0490. The molecule has 0 radical (unpaired) electrons. The first kappa shape index (κ1) is 36.0. The molecule has 4 rings (SSSR count). The summed E-state index contributed by atoms with van der Waals surface area (Å²) in [4.78, 5) is 12.9. The third-order valence-corrected chi connectivity index (χ3v) is 13.9. The van der Waals surface area contributed by atoms with Gasteiger partial charge in [-0.15, -0.1) is 0 Å². The molecule has 1 aliphatic heterocycles. The van der Waals surface area contributed by atoms with Gasteiger partial charge in [0.2, 0.25) is 0 Å². The summed E-state index contributed by atoms with van der Waals surface area (Å²) >= 11 is 3.57. The Kier molecular flexibility index (Phi) is 10.7. The minimum atomic E-state index is -3.01. The van der Waals surface area contributed by atoms with Crippen LogP contribution in [0.2, 0.25) is 18.1 Å². The maximum absolute atomic E-state index is 15.6. The SMILES string of the molecule is C=N/C(=N\C=C(/C)c1cc2c(cc1F)nc1n2[C@@H](c2c(Br)cccc2OC(F)F)C[C@H]1NCCO[Si](C)(C)C(C)(C)C)C(C)(C)O. The van der Waals surface area contributed by atoms with Crippen molar-refractivity contribution in [2.24, 2.45) is 9.98 Å². The van der Waals surface area contributed by atoms with Gasteiger partial charge in [-0.3, -0.25) is 0 Å². The van der Waals surface area contributed by atoms with Gasteiger partial charge in [-0.2, -0.15) is 8.78 Å². The van der Waals surface area contributed by atoms with Crippen molar-refractivity contribution in [2.75, 3.05) is 13.2 Å². The van der Waals surface area contributed by atoms with E-state index in [1.807, 2.05) is 4.57 Å². The summed E-state index contributed by atoms with van der Waals surface area (Å²) in [5, 5.41) is 13.9. The van der Waals surface area contributed by atoms with Gasteiger partial charge in [0.05, 0.1) is 23.1 Å². The number of halogens is 4. The van der Waals surface area contributed by atoms with Crippen molar-refractivity contribution in [3.05, 3.63) is 63.8 Å². The zero-order chi connectivity index (χ0) is 34.2. The molecule has 1 aromatic heterocycles. The molecule has 0 aliphatic carbocycles. The van der Waals surface area contributed by atoms with Gasteiger partial charge >= 0.3 is 6.61 Å². The van der Waals surface area contributed by atoms with Gasteiger partial charge in [0.15, 0.2) is 14.2 Å². The number of alkyl halides is 2. The topological polar surface area (TPSA) is 93.3 Å². The van der Waals surface area contributed by atoms with Gasteiger partial charge in [0.25, 0.3) is 0 Å². The molecule has 0 fully saturated rings. The van der Waals surface area contributed by atoms with E-state index in [1.54, 1.807) is 25.1 Å². The molecule has 2 heterocycles. The molecule has 3 aromatic rings. The summed E-state index contributed by atoms with van der Waals surface area (Å²) in [6.45, 7) is 17.2. The van der Waals surface area contributed by atoms with E-state index >= 15 is 4.39 Å². The Morgan fingerprint density at radius 2 is 1.96 bits per heavy atom. The van der Waals surface area contributed by atoms with Crippen LogP contribution in [0.5, 0.6) is 5.75 Å². The molecule has 2 N–H and O–H groups in total. The van der Waals surface area contributed by atoms with Crippen molar-refractivity contribution in [1.29, 1.82) is 0 Å². The summed E-state index contributed by atoms with van der Waals surface area (Å²) in [5.74, 6) is 0.289. The number of hydrogen-bond acceptors (Lipinski definition) is 6. The highest BCUT2D eigenvalue weighted by atomic mass is 79.9. The van der Waals surface area contributed by atoms with Crippen LogP contribution in [0, 0.1) is 5.82 Å². The number of amidine groups is 1. The van der Waals surface area contributed by atoms with Crippen LogP contribution in [0.25, 0.3) is 16.6 Å². The van der Waals surface area contributed by atoms with Gasteiger partial charge in [-0.05, 0) is 75.8 Å². The van der Waals surface area contributed by atoms with E-state index in [9.17, 15) is 13.9 Å². The molecule has 0 amide bonds. The fourth-order valence-electron chi connectivity index (χ4n) is 5.28. The number of aliphatic imine (C=N–C) groups is 2. The Morgan fingerprint density at radius 3 is 2.57 bits per heavy atom. The molecule has 0 saturated heterocycles. The number of aromatic nitrogens is 2. The number of aliphatic hydroxyl groups is 1. The molecule has 0 spiro atoms. The maximum atomic E-state index is 15.6. The predicted octanol–water partition coefficient (Wildman–Crippen LogP) is 8.42. The van der Waals surface area contributed by atoms with Gasteiger partial charge < -0.3 is 24.2 Å². The Labute approximate surface area is 278 Å². The Morgan fingerprint density at radius 1 is 1.26 bits per heavy atom. The highest BCUT2D eigenvalue weighted by Crippen LogP contribution is 2.47. The number of ether oxygens (including phenoxy) is 1. The van der Waals surface area contributed by atoms with Crippen LogP contribution in [-0.4, -0.2) is 60.9 Å². The Hall–Kier alpha value is -2.84. The minimum Gasteiger partial charge on any atom is -0.434 e. The van der Waals surface area contributed by atoms with Crippen molar-refractivity contribution < 1.29 is 27.4 Å². The van der Waals surface area contributed by atoms with Gasteiger partial charge in [0, 0.05) is 41.0 Å². The second-order valence-corrected chi connectivity index (χ2v) is 19.2. The van der Waals surface area contributed by atoms with E-state index in [2.05, 4.69) is 71.8 Å². The molecule has 0 saturated carbocycles. The summed E-state index contributed by atoms with van der Waals surface area (Å²) in [5.41, 5.74) is 1.01. The van der Waals surface area contributed by atoms with Crippen molar-refractivity contribution in [1.82, 2.24) is 14.9 Å². The second kappa shape index (κ2) is 13.7. The monoisotopic (exact) mass is 721 g/mol. The largest absolute Gasteiger partial charge is 0.434 e. The first-order chi connectivity index (χ1) is 21.4. The molecule has 2 atom stereocenters. The number of nitrogens with one attached hydrogen (secondary N) is 1. The van der Waals surface area contributed by atoms with Crippen LogP contribution < -0.4 is 10.1 Å². The van der Waals surface area contributed by atoms with Crippen LogP contribution in [0.15, 0.2) is 51.0 Å². The van der Waals surface area contributed by atoms with Crippen LogP contribution in [0.3, 0.4) is 0 Å². The van der Waals surface area contributed by atoms with E-state index < -0.39 is 32.4 Å². The highest BCUT2D eigenvalue weighted by molar-refractivity contribution is 9.10. The molecule has 13 heteroatoms. The fraction of sp³-hybridized carbons (Fsp3) is 0.485. The molecule has 8 nitrogen and oxygen atoms in total. The van der Waals surface area contributed by atoms with E-state index in [0.29, 0.717) is 52.0 Å². The summed E-state index contributed by atoms with van der Waals surface area (Å²) in [6, 6.07) is 7.26. The maximum Gasteiger partial charge on any atom is 0.387 e. The zero-order valence-electron chi connectivity index (χ0n) is 27.6. The van der Waals surface area contributed by atoms with E-state index in [1.165, 1.54) is 32.2 Å². The van der Waals surface area contributed by atoms with E-state index in [0.717, 1.165) is 0 Å². The van der Waals surface area contributed by atoms with Crippen LogP contribution >= 0.6 is 15.9 Å². The molecular weight excluding hydrogens is 679 g/mol. The number of fused-ring (bicyclic) bond motifs is 3. The van der Waals surface area contributed by atoms with E-state index in [4.69, 9.17) is 14.1 Å². The second-order valence-electron chi connectivity index (χ2n) is 13.5. The van der Waals surface area contributed by atoms with Gasteiger partial charge in [-0.25, -0.2) is 19.4 Å². The lowest BCUT2D eigenvalue weighted by Crippen LogP contribution is -2.42. The lowest BCUT2D eigenvalue weighted by Gasteiger charge is -2.36. The van der Waals surface area contributed by atoms with Gasteiger partial charge in [-0.1, -0.05) is 42.8 Å². The standard InChI is InChI=1S/C33H43BrF3N5O3Si/c1-19(18-40-30(38-7)33(5,6)43)20-15-25-23(16-22(20)35)41-29-24(39-13-14-44-46(8,9)32(2,3)4)17-26(42(25)29)28-21(34)11-10-12-27(28)45-31(36)37/h10-12,15-16,18,24,26,31,39,43H,7,13-14,17H2,1-6,8-9H3/b19-18+,40-30-/t24-,26-/m1/s1. The number of allylic oxidation sites excluding steroid dienone is 1. The van der Waals surface area contributed by atoms with Crippen molar-refractivity contribution in [3.63, 3.8) is 0 Å². The Bertz CT molecular complexity index is 1660. The molecule has 46 heavy (non-hydrogen) atoms. The summed E-state index contributed by atoms with van der Waals surface area (Å²) in [6.07, 6.45) is 1.92. The zero-order valence-corrected chi connectivity index (χ0v) is 30.2. The summed E-state index contributed by atoms with van der Waals surface area (Å²) < 4.78 is 56.5. The van der Waals surface area contributed by atoms with Crippen molar-refractivity contribution in [3.8, 4) is 5.75 Å². The average molecular weight is 723 g/mol. The average Bonchev–Trinajstić information content (AvgIpc) is 3.46. The fourth-order valence-corrected chi connectivity index (χ4v) is 6.94. The first-order valence-corrected chi connectivity index (χ1v) is 18.8. The first-order valence-electron chi connectivity index (χ1n) is 15.1. The third kappa shape index (κ3) is 7.65. The van der Waals surface area contributed by atoms with Crippen LogP contribution in [-0.2, 0) is 4.43 Å². The number of rotatable bonds is 11. The molecule has 2 aromatic carbocycles. The number of nitrogens with zero attached hydrogens (tertiary/aromatic N) is 4. The lowest BCUT2D eigenvalue weighted by atomic mass is 10.0. The number of imidazole rings is 1. The molecule has 1 aliphatic rings. The Balaban J connectivity index is 1.80. The highest BCUT2D eigenvalue weighted by Gasteiger charge is 2.39. The molecule has 250 valence electrons. The molecular formula is C33H43BrF3N5O3Si. The normalized spacial score (nSPS) is 18.0. The van der Waals surface area contributed by atoms with Crippen molar-refractivity contribution in [2.45, 2.75) is 90.4 Å². The smallest absolute Gasteiger partial charge is 0.387 e. The van der Waals surface area contributed by atoms with Gasteiger partial charge in [0.1, 0.15) is 23.0 Å². The predicted molar refractivity (Wildman–Crippen MR) is 184 cm³/mol. The van der Waals surface area contributed by atoms with Crippen LogP contribution in [0.4, 0.5) is 13.2 Å². The molecule has 0 bridgehead atoms. The summed E-state index contributed by atoms with van der Waals surface area (Å²) in [7, 11) is -1.96. The van der Waals surface area contributed by atoms with Crippen molar-refractivity contribution >= 4 is 53.4 Å². The van der Waals surface area contributed by atoms with E-state index in [-0.39, 0.29) is 28.2 Å².